The minimum Gasteiger partial charge on any atom is -0.481 e. The molecule has 1 unspecified atom stereocenters. The van der Waals surface area contributed by atoms with Gasteiger partial charge in [-0.2, -0.15) is 0 Å². The van der Waals surface area contributed by atoms with Gasteiger partial charge < -0.3 is 15.3 Å². The van der Waals surface area contributed by atoms with E-state index in [4.69, 9.17) is 0 Å². The molecule has 29 heavy (non-hydrogen) atoms. The van der Waals surface area contributed by atoms with Gasteiger partial charge in [-0.3, -0.25) is 9.59 Å². The molecule has 1 saturated heterocycles. The smallest absolute Gasteiger partial charge is 0.308 e. The molecular weight excluding hydrogens is 368 g/mol. The van der Waals surface area contributed by atoms with Crippen LogP contribution in [0.5, 0.6) is 0 Å². The number of benzene rings is 2. The maximum absolute atomic E-state index is 11.5. The molecule has 0 bridgehead atoms. The molecule has 0 spiro atoms. The number of hydrogen-bond donors (Lipinski definition) is 2. The van der Waals surface area contributed by atoms with Crippen molar-refractivity contribution in [2.75, 3.05) is 23.3 Å². The van der Waals surface area contributed by atoms with Crippen molar-refractivity contribution in [3.8, 4) is 11.1 Å². The van der Waals surface area contributed by atoms with Crippen molar-refractivity contribution >= 4 is 34.3 Å². The summed E-state index contributed by atoms with van der Waals surface area (Å²) < 4.78 is 0. The van der Waals surface area contributed by atoms with Gasteiger partial charge in [0.15, 0.2) is 0 Å². The van der Waals surface area contributed by atoms with Crippen LogP contribution in [-0.4, -0.2) is 40.0 Å². The highest BCUT2D eigenvalue weighted by atomic mass is 16.4. The Morgan fingerprint density at radius 2 is 1.93 bits per heavy atom. The summed E-state index contributed by atoms with van der Waals surface area (Å²) in [6.45, 7) is 2.69. The van der Waals surface area contributed by atoms with E-state index in [1.54, 1.807) is 0 Å². The van der Waals surface area contributed by atoms with E-state index in [0.717, 1.165) is 46.5 Å². The quantitative estimate of drug-likeness (QED) is 0.707. The number of nitrogens with zero attached hydrogens (tertiary/aromatic N) is 3. The third-order valence-corrected chi connectivity index (χ3v) is 5.23. The van der Waals surface area contributed by atoms with Crippen LogP contribution >= 0.6 is 0 Å². The van der Waals surface area contributed by atoms with E-state index in [2.05, 4.69) is 20.2 Å². The third-order valence-electron chi connectivity index (χ3n) is 5.23. The largest absolute Gasteiger partial charge is 0.481 e. The van der Waals surface area contributed by atoms with E-state index in [-0.39, 0.29) is 5.91 Å². The van der Waals surface area contributed by atoms with Crippen molar-refractivity contribution in [3.63, 3.8) is 0 Å². The normalized spacial score (nSPS) is 16.6. The molecule has 0 saturated carbocycles. The van der Waals surface area contributed by atoms with Gasteiger partial charge in [0.05, 0.1) is 16.8 Å². The molecule has 1 aliphatic rings. The minimum absolute atomic E-state index is 0.114. The van der Waals surface area contributed by atoms with Gasteiger partial charge in [-0.05, 0) is 42.2 Å². The van der Waals surface area contributed by atoms with Crippen LogP contribution in [-0.2, 0) is 9.59 Å². The lowest BCUT2D eigenvalue weighted by Gasteiger charge is -2.32. The number of aliphatic carboxylic acids is 1. The number of aromatic nitrogens is 2. The lowest BCUT2D eigenvalue weighted by atomic mass is 9.96. The summed E-state index contributed by atoms with van der Waals surface area (Å²) in [5.74, 6) is -0.501. The standard InChI is InChI=1S/C22H22N4O3/c1-14(27)25-17-9-7-15(8-10-17)18-5-2-6-19-20(18)21(24-13-23-19)26-11-3-4-16(12-26)22(28)29/h2,5-10,13,16H,3-4,11-12H2,1H3,(H,25,27)(H,28,29). The Morgan fingerprint density at radius 1 is 1.14 bits per heavy atom. The number of carbonyl (C=O) groups excluding carboxylic acids is 1. The monoisotopic (exact) mass is 390 g/mol. The molecule has 2 N–H and O–H groups in total. The Morgan fingerprint density at radius 3 is 2.66 bits per heavy atom. The van der Waals surface area contributed by atoms with Crippen molar-refractivity contribution in [2.45, 2.75) is 19.8 Å². The molecule has 1 aromatic heterocycles. The van der Waals surface area contributed by atoms with E-state index < -0.39 is 11.9 Å². The summed E-state index contributed by atoms with van der Waals surface area (Å²) in [5.41, 5.74) is 3.51. The highest BCUT2D eigenvalue weighted by molar-refractivity contribution is 6.02. The second-order valence-corrected chi connectivity index (χ2v) is 7.28. The van der Waals surface area contributed by atoms with Crippen LogP contribution in [0.25, 0.3) is 22.0 Å². The molecule has 2 aromatic carbocycles. The second kappa shape index (κ2) is 7.87. The van der Waals surface area contributed by atoms with E-state index in [9.17, 15) is 14.7 Å². The molecule has 7 heteroatoms. The zero-order valence-electron chi connectivity index (χ0n) is 16.1. The number of rotatable bonds is 4. The third kappa shape index (κ3) is 3.89. The van der Waals surface area contributed by atoms with Crippen LogP contribution in [0.2, 0.25) is 0 Å². The zero-order valence-corrected chi connectivity index (χ0v) is 16.1. The van der Waals surface area contributed by atoms with Crippen molar-refractivity contribution in [2.24, 2.45) is 5.92 Å². The van der Waals surface area contributed by atoms with Crippen LogP contribution in [0.4, 0.5) is 11.5 Å². The fourth-order valence-corrected chi connectivity index (χ4v) is 3.88. The van der Waals surface area contributed by atoms with Gasteiger partial charge in [-0.25, -0.2) is 9.97 Å². The molecule has 1 aliphatic heterocycles. The summed E-state index contributed by atoms with van der Waals surface area (Å²) in [5, 5.41) is 13.1. The Balaban J connectivity index is 1.78. The van der Waals surface area contributed by atoms with Crippen molar-refractivity contribution in [1.29, 1.82) is 0 Å². The number of carbonyl (C=O) groups is 2. The van der Waals surface area contributed by atoms with E-state index in [1.807, 2.05) is 42.5 Å². The van der Waals surface area contributed by atoms with Gasteiger partial charge in [0, 0.05) is 25.7 Å². The second-order valence-electron chi connectivity index (χ2n) is 7.28. The van der Waals surface area contributed by atoms with Gasteiger partial charge in [0.2, 0.25) is 5.91 Å². The number of carboxylic acid groups (broad SMARTS) is 1. The highest BCUT2D eigenvalue weighted by Gasteiger charge is 2.27. The first-order valence-electron chi connectivity index (χ1n) is 9.62. The first-order valence-corrected chi connectivity index (χ1v) is 9.62. The van der Waals surface area contributed by atoms with Gasteiger partial charge in [-0.15, -0.1) is 0 Å². The number of hydrogen-bond acceptors (Lipinski definition) is 5. The molecule has 3 aromatic rings. The first-order chi connectivity index (χ1) is 14.0. The highest BCUT2D eigenvalue weighted by Crippen LogP contribution is 2.35. The molecule has 148 valence electrons. The predicted molar refractivity (Wildman–Crippen MR) is 112 cm³/mol. The van der Waals surface area contributed by atoms with Gasteiger partial charge in [-0.1, -0.05) is 24.3 Å². The summed E-state index contributed by atoms with van der Waals surface area (Å²) >= 11 is 0. The number of fused-ring (bicyclic) bond motifs is 1. The van der Waals surface area contributed by atoms with E-state index >= 15 is 0 Å². The maximum atomic E-state index is 11.5. The fraction of sp³-hybridized carbons (Fsp3) is 0.273. The molecular formula is C22H22N4O3. The average Bonchev–Trinajstić information content (AvgIpc) is 2.73. The van der Waals surface area contributed by atoms with Gasteiger partial charge in [0.1, 0.15) is 12.1 Å². The van der Waals surface area contributed by atoms with Crippen LogP contribution in [0.15, 0.2) is 48.8 Å². The minimum atomic E-state index is -0.762. The lowest BCUT2D eigenvalue weighted by Crippen LogP contribution is -2.39. The van der Waals surface area contributed by atoms with E-state index in [1.165, 1.54) is 13.3 Å². The van der Waals surface area contributed by atoms with Crippen molar-refractivity contribution in [3.05, 3.63) is 48.8 Å². The molecule has 0 aliphatic carbocycles. The average molecular weight is 390 g/mol. The van der Waals surface area contributed by atoms with Crippen LogP contribution in [0, 0.1) is 5.92 Å². The lowest BCUT2D eigenvalue weighted by molar-refractivity contribution is -0.142. The Hall–Kier alpha value is -3.48. The molecule has 0 radical (unpaired) electrons. The summed E-state index contributed by atoms with van der Waals surface area (Å²) in [4.78, 5) is 33.8. The SMILES string of the molecule is CC(=O)Nc1ccc(-c2cccc3ncnc(N4CCCC(C(=O)O)C4)c23)cc1. The fourth-order valence-electron chi connectivity index (χ4n) is 3.88. The Bertz CT molecular complexity index is 1060. The number of amides is 1. The van der Waals surface area contributed by atoms with Crippen LogP contribution in [0.3, 0.4) is 0 Å². The summed E-state index contributed by atoms with van der Waals surface area (Å²) in [6, 6.07) is 13.5. The molecule has 1 atom stereocenters. The van der Waals surface area contributed by atoms with Gasteiger partial charge >= 0.3 is 5.97 Å². The van der Waals surface area contributed by atoms with E-state index in [0.29, 0.717) is 13.0 Å². The van der Waals surface area contributed by atoms with Crippen LogP contribution < -0.4 is 10.2 Å². The number of carboxylic acids is 1. The van der Waals surface area contributed by atoms with Crippen molar-refractivity contribution < 1.29 is 14.7 Å². The number of anilines is 2. The molecule has 7 nitrogen and oxygen atoms in total. The number of piperidine rings is 1. The summed E-state index contributed by atoms with van der Waals surface area (Å²) in [6.07, 6.45) is 3.04. The zero-order chi connectivity index (χ0) is 20.4. The Labute approximate surface area is 168 Å². The predicted octanol–water partition coefficient (Wildman–Crippen LogP) is 3.56. The molecule has 1 fully saturated rings. The molecule has 1 amide bonds. The van der Waals surface area contributed by atoms with Gasteiger partial charge in [0.25, 0.3) is 0 Å². The van der Waals surface area contributed by atoms with Crippen molar-refractivity contribution in [1.82, 2.24) is 9.97 Å². The van der Waals surface area contributed by atoms with Crippen LogP contribution in [0.1, 0.15) is 19.8 Å². The molecule has 2 heterocycles. The number of nitrogens with one attached hydrogen (secondary N) is 1. The Kier molecular flexibility index (Phi) is 5.12. The summed E-state index contributed by atoms with van der Waals surface area (Å²) in [7, 11) is 0. The topological polar surface area (TPSA) is 95.4 Å². The first kappa shape index (κ1) is 18.9. The maximum Gasteiger partial charge on any atom is 0.308 e. The molecule has 4 rings (SSSR count).